The number of methoxy groups -OCH3 is 1. The largest absolute Gasteiger partial charge is 0.482 e. The van der Waals surface area contributed by atoms with E-state index in [4.69, 9.17) is 4.74 Å². The van der Waals surface area contributed by atoms with E-state index in [1.165, 1.54) is 7.11 Å². The topological polar surface area (TPSA) is 67.9 Å². The summed E-state index contributed by atoms with van der Waals surface area (Å²) in [4.78, 5) is 24.3. The van der Waals surface area contributed by atoms with Gasteiger partial charge in [-0.05, 0) is 24.7 Å². The van der Waals surface area contributed by atoms with Gasteiger partial charge in [0.2, 0.25) is 0 Å². The van der Waals surface area contributed by atoms with Gasteiger partial charge in [0.15, 0.2) is 6.61 Å². The normalized spacial score (nSPS) is 13.9. The van der Waals surface area contributed by atoms with Gasteiger partial charge >= 0.3 is 6.09 Å². The fraction of sp³-hybridized carbons (Fsp3) is 0.333. The molecule has 6 heteroatoms. The number of hydrogen-bond donors (Lipinski definition) is 1. The summed E-state index contributed by atoms with van der Waals surface area (Å²) in [6.07, 6.45) is -0.703. The Morgan fingerprint density at radius 2 is 2.33 bits per heavy atom. The second kappa shape index (κ2) is 5.05. The van der Waals surface area contributed by atoms with Crippen molar-refractivity contribution >= 4 is 17.7 Å². The highest BCUT2D eigenvalue weighted by atomic mass is 16.5. The molecule has 0 aliphatic carbocycles. The first-order valence-corrected chi connectivity index (χ1v) is 5.48. The predicted octanol–water partition coefficient (Wildman–Crippen LogP) is 0.898. The molecule has 0 bridgehead atoms. The minimum atomic E-state index is -0.703. The molecule has 0 fully saturated rings. The first-order valence-electron chi connectivity index (χ1n) is 5.48. The summed E-state index contributed by atoms with van der Waals surface area (Å²) >= 11 is 0. The summed E-state index contributed by atoms with van der Waals surface area (Å²) in [5, 5.41) is 3.00. The summed E-state index contributed by atoms with van der Waals surface area (Å²) in [5.41, 5.74) is 1.37. The average molecular weight is 250 g/mol. The van der Waals surface area contributed by atoms with Crippen molar-refractivity contribution in [2.45, 2.75) is 6.54 Å². The molecule has 0 atom stereocenters. The highest BCUT2D eigenvalue weighted by molar-refractivity contribution is 6.14. The number of nitrogens with zero attached hydrogens (tertiary/aromatic N) is 1. The van der Waals surface area contributed by atoms with Crippen LogP contribution in [0.1, 0.15) is 5.56 Å². The van der Waals surface area contributed by atoms with Gasteiger partial charge in [0, 0.05) is 6.54 Å². The van der Waals surface area contributed by atoms with Crippen molar-refractivity contribution in [1.29, 1.82) is 0 Å². The third kappa shape index (κ3) is 2.14. The minimum Gasteiger partial charge on any atom is -0.482 e. The van der Waals surface area contributed by atoms with Crippen LogP contribution in [0.5, 0.6) is 5.75 Å². The zero-order chi connectivity index (χ0) is 13.1. The highest BCUT2D eigenvalue weighted by Crippen LogP contribution is 2.33. The fourth-order valence-electron chi connectivity index (χ4n) is 1.80. The van der Waals surface area contributed by atoms with Crippen LogP contribution in [0, 0.1) is 0 Å². The van der Waals surface area contributed by atoms with E-state index in [0.29, 0.717) is 18.0 Å². The Labute approximate surface area is 104 Å². The molecule has 1 aromatic carbocycles. The molecule has 1 N–H and O–H groups in total. The molecule has 0 saturated heterocycles. The number of hydrogen-bond acceptors (Lipinski definition) is 5. The van der Waals surface area contributed by atoms with Crippen molar-refractivity contribution in [2.75, 3.05) is 25.7 Å². The number of benzene rings is 1. The molecule has 0 radical (unpaired) electrons. The number of anilines is 1. The molecular formula is C12H14N2O4. The predicted molar refractivity (Wildman–Crippen MR) is 64.6 cm³/mol. The number of nitrogens with one attached hydrogen (secondary N) is 1. The van der Waals surface area contributed by atoms with Crippen LogP contribution in [0.3, 0.4) is 0 Å². The zero-order valence-corrected chi connectivity index (χ0v) is 10.2. The third-order valence-electron chi connectivity index (χ3n) is 2.60. The number of carbonyl (C=O) groups is 2. The Morgan fingerprint density at radius 3 is 3.00 bits per heavy atom. The van der Waals surface area contributed by atoms with Crippen molar-refractivity contribution in [3.63, 3.8) is 0 Å². The van der Waals surface area contributed by atoms with E-state index in [1.807, 2.05) is 13.1 Å². The van der Waals surface area contributed by atoms with Gasteiger partial charge in [0.05, 0.1) is 12.8 Å². The van der Waals surface area contributed by atoms with Gasteiger partial charge in [0.25, 0.3) is 5.91 Å². The Hall–Kier alpha value is -2.08. The first-order chi connectivity index (χ1) is 8.67. The van der Waals surface area contributed by atoms with Crippen molar-refractivity contribution in [2.24, 2.45) is 0 Å². The third-order valence-corrected chi connectivity index (χ3v) is 2.60. The van der Waals surface area contributed by atoms with Crippen LogP contribution in [0.2, 0.25) is 0 Å². The summed E-state index contributed by atoms with van der Waals surface area (Å²) in [7, 11) is 3.06. The summed E-state index contributed by atoms with van der Waals surface area (Å²) < 4.78 is 9.89. The number of ether oxygens (including phenoxy) is 2. The molecule has 0 aromatic heterocycles. The Morgan fingerprint density at radius 1 is 1.56 bits per heavy atom. The molecule has 2 rings (SSSR count). The number of carbonyl (C=O) groups excluding carboxylic acids is 2. The van der Waals surface area contributed by atoms with Gasteiger partial charge in [-0.15, -0.1) is 0 Å². The molecule has 96 valence electrons. The lowest BCUT2D eigenvalue weighted by Gasteiger charge is -2.27. The van der Waals surface area contributed by atoms with Gasteiger partial charge in [-0.3, -0.25) is 4.79 Å². The van der Waals surface area contributed by atoms with Crippen LogP contribution in [-0.4, -0.2) is 32.8 Å². The van der Waals surface area contributed by atoms with E-state index in [2.05, 4.69) is 10.1 Å². The molecule has 18 heavy (non-hydrogen) atoms. The van der Waals surface area contributed by atoms with Gasteiger partial charge in [0.1, 0.15) is 5.75 Å². The summed E-state index contributed by atoms with van der Waals surface area (Å²) in [6.45, 7) is 0.476. The monoisotopic (exact) mass is 250 g/mol. The standard InChI is InChI=1S/C12H14N2O4/c1-13-6-8-3-4-10-9(5-8)14(12(16)17-2)11(15)7-18-10/h3-5,13H,6-7H2,1-2H3. The maximum Gasteiger partial charge on any atom is 0.421 e. The second-order valence-electron chi connectivity index (χ2n) is 3.82. The van der Waals surface area contributed by atoms with Crippen LogP contribution in [-0.2, 0) is 16.1 Å². The number of imide groups is 1. The van der Waals surface area contributed by atoms with Crippen LogP contribution >= 0.6 is 0 Å². The molecule has 0 saturated carbocycles. The Balaban J connectivity index is 2.43. The van der Waals surface area contributed by atoms with Crippen LogP contribution in [0.4, 0.5) is 10.5 Å². The molecule has 1 aromatic rings. The van der Waals surface area contributed by atoms with Gasteiger partial charge in [-0.25, -0.2) is 9.69 Å². The second-order valence-corrected chi connectivity index (χ2v) is 3.82. The lowest BCUT2D eigenvalue weighted by atomic mass is 10.1. The van der Waals surface area contributed by atoms with E-state index in [1.54, 1.807) is 12.1 Å². The van der Waals surface area contributed by atoms with E-state index >= 15 is 0 Å². The molecule has 0 unspecified atom stereocenters. The highest BCUT2D eigenvalue weighted by Gasteiger charge is 2.31. The zero-order valence-electron chi connectivity index (χ0n) is 10.2. The molecule has 1 heterocycles. The molecular weight excluding hydrogens is 236 g/mol. The molecule has 1 aliphatic rings. The van der Waals surface area contributed by atoms with Gasteiger partial charge < -0.3 is 14.8 Å². The van der Waals surface area contributed by atoms with E-state index in [9.17, 15) is 9.59 Å². The van der Waals surface area contributed by atoms with Crippen molar-refractivity contribution in [3.05, 3.63) is 23.8 Å². The fourth-order valence-corrected chi connectivity index (χ4v) is 1.80. The van der Waals surface area contributed by atoms with E-state index < -0.39 is 12.0 Å². The van der Waals surface area contributed by atoms with Crippen molar-refractivity contribution in [1.82, 2.24) is 5.32 Å². The quantitative estimate of drug-likeness (QED) is 0.844. The molecule has 2 amide bonds. The Kier molecular flexibility index (Phi) is 3.47. The van der Waals surface area contributed by atoms with Crippen molar-refractivity contribution in [3.8, 4) is 5.75 Å². The van der Waals surface area contributed by atoms with Crippen molar-refractivity contribution < 1.29 is 19.1 Å². The SMILES string of the molecule is CNCc1ccc2c(c1)N(C(=O)OC)C(=O)CO2. The first kappa shape index (κ1) is 12.4. The number of fused-ring (bicyclic) bond motifs is 1. The lowest BCUT2D eigenvalue weighted by Crippen LogP contribution is -2.43. The summed E-state index contributed by atoms with van der Waals surface area (Å²) in [6, 6.07) is 5.35. The maximum absolute atomic E-state index is 11.7. The van der Waals surface area contributed by atoms with Gasteiger partial charge in [-0.1, -0.05) is 6.07 Å². The minimum absolute atomic E-state index is 0.159. The number of rotatable bonds is 2. The molecule has 1 aliphatic heterocycles. The average Bonchev–Trinajstić information content (AvgIpc) is 2.38. The van der Waals surface area contributed by atoms with Crippen LogP contribution < -0.4 is 15.0 Å². The lowest BCUT2D eigenvalue weighted by molar-refractivity contribution is -0.120. The van der Waals surface area contributed by atoms with Crippen LogP contribution in [0.15, 0.2) is 18.2 Å². The summed E-state index contributed by atoms with van der Waals surface area (Å²) in [5.74, 6) is 0.0656. The van der Waals surface area contributed by atoms with E-state index in [-0.39, 0.29) is 6.61 Å². The van der Waals surface area contributed by atoms with E-state index in [0.717, 1.165) is 10.5 Å². The smallest absolute Gasteiger partial charge is 0.421 e. The molecule has 0 spiro atoms. The molecule has 6 nitrogen and oxygen atoms in total. The Bertz CT molecular complexity index is 487. The van der Waals surface area contributed by atoms with Gasteiger partial charge in [-0.2, -0.15) is 0 Å². The van der Waals surface area contributed by atoms with Crippen LogP contribution in [0.25, 0.3) is 0 Å². The maximum atomic E-state index is 11.7. The number of amides is 2.